The van der Waals surface area contributed by atoms with E-state index in [0.29, 0.717) is 24.4 Å². The molecule has 2 rings (SSSR count). The molecule has 0 radical (unpaired) electrons. The van der Waals surface area contributed by atoms with Crippen LogP contribution in [0.5, 0.6) is 0 Å². The molecule has 0 aromatic carbocycles. The minimum atomic E-state index is -0.453. The molecule has 1 aliphatic heterocycles. The molecule has 0 N–H and O–H groups in total. The summed E-state index contributed by atoms with van der Waals surface area (Å²) in [5.74, 6) is 0.368. The average molecular weight is 226 g/mol. The number of aromatic nitrogens is 1. The molecule has 0 aliphatic carbocycles. The molecule has 1 aliphatic rings. The summed E-state index contributed by atoms with van der Waals surface area (Å²) in [6, 6.07) is 1.52. The van der Waals surface area contributed by atoms with Crippen LogP contribution in [0.3, 0.4) is 0 Å². The van der Waals surface area contributed by atoms with Gasteiger partial charge >= 0.3 is 0 Å². The largest absolute Gasteiger partial charge is 0.309 e. The highest BCUT2D eigenvalue weighted by Crippen LogP contribution is 2.26. The summed E-state index contributed by atoms with van der Waals surface area (Å²) >= 11 is 4.15. The summed E-state index contributed by atoms with van der Waals surface area (Å²) in [5.41, 5.74) is 0.319. The van der Waals surface area contributed by atoms with Crippen LogP contribution in [0.2, 0.25) is 0 Å². The van der Waals surface area contributed by atoms with Crippen molar-refractivity contribution in [3.63, 3.8) is 0 Å². The molecular formula is C10H11FN2OS. The Morgan fingerprint density at radius 3 is 3.07 bits per heavy atom. The van der Waals surface area contributed by atoms with E-state index in [1.165, 1.54) is 17.2 Å². The van der Waals surface area contributed by atoms with Crippen LogP contribution in [0.15, 0.2) is 18.5 Å². The molecule has 5 heteroatoms. The lowest BCUT2D eigenvalue weighted by Gasteiger charge is -2.16. The molecule has 1 aromatic heterocycles. The highest BCUT2D eigenvalue weighted by atomic mass is 32.1. The number of rotatable bonds is 2. The minimum absolute atomic E-state index is 0.0425. The number of nitrogens with zero attached hydrogens (tertiary/aromatic N) is 2. The van der Waals surface area contributed by atoms with Crippen molar-refractivity contribution < 1.29 is 9.18 Å². The molecule has 3 nitrogen and oxygen atoms in total. The molecule has 0 saturated carbocycles. The van der Waals surface area contributed by atoms with E-state index >= 15 is 0 Å². The lowest BCUT2D eigenvalue weighted by Crippen LogP contribution is -2.25. The first-order valence-corrected chi connectivity index (χ1v) is 5.36. The van der Waals surface area contributed by atoms with Crippen molar-refractivity contribution in [1.29, 1.82) is 0 Å². The molecule has 1 aromatic rings. The molecule has 1 atom stereocenters. The number of carbonyl (C=O) groups excluding carboxylic acids is 1. The maximum Gasteiger partial charge on any atom is 0.227 e. The van der Waals surface area contributed by atoms with Crippen LogP contribution < -0.4 is 4.90 Å². The second-order valence-electron chi connectivity index (χ2n) is 3.58. The van der Waals surface area contributed by atoms with Gasteiger partial charge in [-0.1, -0.05) is 0 Å². The maximum absolute atomic E-state index is 13.4. The van der Waals surface area contributed by atoms with Crippen LogP contribution in [0.1, 0.15) is 6.42 Å². The van der Waals surface area contributed by atoms with E-state index in [0.717, 1.165) is 6.20 Å². The van der Waals surface area contributed by atoms with Gasteiger partial charge in [0.15, 0.2) is 5.82 Å². The van der Waals surface area contributed by atoms with Gasteiger partial charge < -0.3 is 4.90 Å². The molecule has 80 valence electrons. The predicted molar refractivity (Wildman–Crippen MR) is 58.5 cm³/mol. The second-order valence-corrected chi connectivity index (χ2v) is 3.95. The normalized spacial score (nSPS) is 21.1. The van der Waals surface area contributed by atoms with E-state index in [9.17, 15) is 9.18 Å². The van der Waals surface area contributed by atoms with E-state index in [2.05, 4.69) is 17.6 Å². The zero-order valence-corrected chi connectivity index (χ0v) is 8.95. The van der Waals surface area contributed by atoms with Crippen LogP contribution >= 0.6 is 12.6 Å². The van der Waals surface area contributed by atoms with Crippen molar-refractivity contribution in [3.05, 3.63) is 24.3 Å². The lowest BCUT2D eigenvalue weighted by molar-refractivity contribution is -0.117. The summed E-state index contributed by atoms with van der Waals surface area (Å²) in [4.78, 5) is 16.7. The van der Waals surface area contributed by atoms with Crippen LogP contribution in [-0.4, -0.2) is 23.2 Å². The molecule has 1 unspecified atom stereocenters. The molecule has 1 saturated heterocycles. The Bertz CT molecular complexity index is 385. The summed E-state index contributed by atoms with van der Waals surface area (Å²) in [6.45, 7) is 0.545. The van der Waals surface area contributed by atoms with E-state index in [-0.39, 0.29) is 11.8 Å². The Morgan fingerprint density at radius 2 is 2.47 bits per heavy atom. The van der Waals surface area contributed by atoms with Crippen molar-refractivity contribution in [2.75, 3.05) is 17.2 Å². The number of amides is 1. The van der Waals surface area contributed by atoms with Gasteiger partial charge in [0, 0.05) is 19.2 Å². The first kappa shape index (κ1) is 10.4. The molecule has 2 heterocycles. The molecule has 1 amide bonds. The zero-order chi connectivity index (χ0) is 10.8. The monoisotopic (exact) mass is 226 g/mol. The molecule has 0 bridgehead atoms. The van der Waals surface area contributed by atoms with Crippen molar-refractivity contribution in [1.82, 2.24) is 4.98 Å². The van der Waals surface area contributed by atoms with Gasteiger partial charge in [0.2, 0.25) is 5.91 Å². The van der Waals surface area contributed by atoms with E-state index < -0.39 is 5.82 Å². The number of carbonyl (C=O) groups is 1. The summed E-state index contributed by atoms with van der Waals surface area (Å²) in [7, 11) is 0. The van der Waals surface area contributed by atoms with Crippen LogP contribution in [0, 0.1) is 11.7 Å². The quantitative estimate of drug-likeness (QED) is 0.775. The molecule has 1 fully saturated rings. The van der Waals surface area contributed by atoms with Crippen LogP contribution in [-0.2, 0) is 4.79 Å². The number of halogens is 1. The van der Waals surface area contributed by atoms with Gasteiger partial charge in [-0.25, -0.2) is 4.39 Å². The third-order valence-electron chi connectivity index (χ3n) is 2.51. The summed E-state index contributed by atoms with van der Waals surface area (Å²) in [5, 5.41) is 0. The van der Waals surface area contributed by atoms with E-state index in [4.69, 9.17) is 0 Å². The van der Waals surface area contributed by atoms with Crippen LogP contribution in [0.25, 0.3) is 0 Å². The second kappa shape index (κ2) is 4.18. The minimum Gasteiger partial charge on any atom is -0.309 e. The van der Waals surface area contributed by atoms with Gasteiger partial charge in [0.05, 0.1) is 11.9 Å². The number of thiol groups is 1. The van der Waals surface area contributed by atoms with Gasteiger partial charge in [0.1, 0.15) is 0 Å². The standard InChI is InChI=1S/C10H11FN2OS/c11-8-4-12-2-1-9(8)13-5-7(6-15)3-10(13)14/h1-2,4,7,15H,3,5-6H2. The fourth-order valence-electron chi connectivity index (χ4n) is 1.72. The van der Waals surface area contributed by atoms with Crippen LogP contribution in [0.4, 0.5) is 10.1 Å². The van der Waals surface area contributed by atoms with Crippen molar-refractivity contribution >= 4 is 24.2 Å². The average Bonchev–Trinajstić information content (AvgIpc) is 2.60. The summed E-state index contributed by atoms with van der Waals surface area (Å²) in [6.07, 6.45) is 3.06. The van der Waals surface area contributed by atoms with Gasteiger partial charge in [-0.05, 0) is 17.7 Å². The first-order valence-electron chi connectivity index (χ1n) is 4.73. The summed E-state index contributed by atoms with van der Waals surface area (Å²) < 4.78 is 13.4. The fourth-order valence-corrected chi connectivity index (χ4v) is 1.97. The SMILES string of the molecule is O=C1CC(CS)CN1c1ccncc1F. The maximum atomic E-state index is 13.4. The molecular weight excluding hydrogens is 215 g/mol. The number of hydrogen-bond donors (Lipinski definition) is 1. The Morgan fingerprint density at radius 1 is 1.67 bits per heavy atom. The smallest absolute Gasteiger partial charge is 0.227 e. The predicted octanol–water partition coefficient (Wildman–Crippen LogP) is 1.50. The third kappa shape index (κ3) is 1.97. The van der Waals surface area contributed by atoms with E-state index in [1.54, 1.807) is 0 Å². The highest BCUT2D eigenvalue weighted by molar-refractivity contribution is 7.80. The number of pyridine rings is 1. The molecule has 15 heavy (non-hydrogen) atoms. The Labute approximate surface area is 92.7 Å². The third-order valence-corrected chi connectivity index (χ3v) is 3.02. The zero-order valence-electron chi connectivity index (χ0n) is 8.06. The lowest BCUT2D eigenvalue weighted by atomic mass is 10.1. The van der Waals surface area contributed by atoms with Crippen molar-refractivity contribution in [3.8, 4) is 0 Å². The topological polar surface area (TPSA) is 33.2 Å². The Hall–Kier alpha value is -1.10. The molecule has 0 spiro atoms. The first-order chi connectivity index (χ1) is 7.22. The van der Waals surface area contributed by atoms with Gasteiger partial charge in [-0.15, -0.1) is 0 Å². The Kier molecular flexibility index (Phi) is 2.90. The van der Waals surface area contributed by atoms with E-state index in [1.807, 2.05) is 0 Å². The fraction of sp³-hybridized carbons (Fsp3) is 0.400. The van der Waals surface area contributed by atoms with Crippen molar-refractivity contribution in [2.45, 2.75) is 6.42 Å². The van der Waals surface area contributed by atoms with Gasteiger partial charge in [0.25, 0.3) is 0 Å². The highest BCUT2D eigenvalue weighted by Gasteiger charge is 2.30. The number of anilines is 1. The Balaban J connectivity index is 2.25. The van der Waals surface area contributed by atoms with Gasteiger partial charge in [-0.3, -0.25) is 9.78 Å². The number of hydrogen-bond acceptors (Lipinski definition) is 3. The van der Waals surface area contributed by atoms with Gasteiger partial charge in [-0.2, -0.15) is 12.6 Å². The van der Waals surface area contributed by atoms with Crippen molar-refractivity contribution in [2.24, 2.45) is 5.92 Å².